The lowest BCUT2D eigenvalue weighted by Gasteiger charge is -2.32. The van der Waals surface area contributed by atoms with Gasteiger partial charge in [0.15, 0.2) is 5.69 Å². The summed E-state index contributed by atoms with van der Waals surface area (Å²) in [6.07, 6.45) is 4.24. The third-order valence-corrected chi connectivity index (χ3v) is 7.60. The number of aryl methyl sites for hydroxylation is 1. The lowest BCUT2D eigenvalue weighted by molar-refractivity contribution is -0.126. The van der Waals surface area contributed by atoms with E-state index in [1.54, 1.807) is 0 Å². The number of halogens is 1. The highest BCUT2D eigenvalue weighted by atomic mass is 32.1. The number of hydrogen-bond donors (Lipinski definition) is 3. The molecule has 0 spiro atoms. The smallest absolute Gasteiger partial charge is 0.270 e. The number of nitrogens with one attached hydrogen (secondary N) is 1. The third-order valence-electron chi connectivity index (χ3n) is 6.75. The Labute approximate surface area is 219 Å². The summed E-state index contributed by atoms with van der Waals surface area (Å²) >= 11 is 0.767. The van der Waals surface area contributed by atoms with E-state index in [1.165, 1.54) is 29.2 Å². The summed E-state index contributed by atoms with van der Waals surface area (Å²) < 4.78 is 17.8. The largest absolute Gasteiger partial charge is 0.395 e. The molecule has 1 heterocycles. The molecule has 1 aliphatic carbocycles. The van der Waals surface area contributed by atoms with E-state index >= 15 is 0 Å². The predicted octanol–water partition coefficient (Wildman–Crippen LogP) is 3.76. The zero-order valence-corrected chi connectivity index (χ0v) is 21.4. The van der Waals surface area contributed by atoms with Crippen LogP contribution in [0.3, 0.4) is 0 Å². The molecule has 0 saturated heterocycles. The van der Waals surface area contributed by atoms with Gasteiger partial charge in [0.25, 0.3) is 11.8 Å². The number of hydrogen-bond acceptors (Lipinski definition) is 6. The number of nitrogens with two attached hydrogens (primary N) is 2. The van der Waals surface area contributed by atoms with E-state index in [9.17, 15) is 18.8 Å². The first-order valence-corrected chi connectivity index (χ1v) is 13.0. The van der Waals surface area contributed by atoms with Crippen LogP contribution in [0.5, 0.6) is 0 Å². The lowest BCUT2D eigenvalue weighted by Crippen LogP contribution is -2.46. The van der Waals surface area contributed by atoms with E-state index in [0.717, 1.165) is 48.3 Å². The number of benzene rings is 2. The van der Waals surface area contributed by atoms with Crippen LogP contribution in [0.25, 0.3) is 0 Å². The first-order valence-electron chi connectivity index (χ1n) is 12.2. The van der Waals surface area contributed by atoms with E-state index in [-0.39, 0.29) is 34.8 Å². The second kappa shape index (κ2) is 11.5. The van der Waals surface area contributed by atoms with Gasteiger partial charge in [-0.25, -0.2) is 4.39 Å². The first kappa shape index (κ1) is 26.3. The highest BCUT2D eigenvalue weighted by Gasteiger charge is 2.35. The van der Waals surface area contributed by atoms with Crippen LogP contribution in [0.2, 0.25) is 0 Å². The summed E-state index contributed by atoms with van der Waals surface area (Å²) in [5, 5.41) is 3.08. The summed E-state index contributed by atoms with van der Waals surface area (Å²) in [6, 6.07) is 12.3. The van der Waals surface area contributed by atoms with Crippen LogP contribution in [0.4, 0.5) is 10.1 Å². The minimum atomic E-state index is -1.05. The van der Waals surface area contributed by atoms with Crippen molar-refractivity contribution in [3.63, 3.8) is 0 Å². The van der Waals surface area contributed by atoms with Crippen molar-refractivity contribution in [3.8, 4) is 0 Å². The monoisotopic (exact) mass is 523 g/mol. The van der Waals surface area contributed by atoms with E-state index in [4.69, 9.17) is 11.5 Å². The molecular formula is C27H30FN5O3S. The molecule has 1 aromatic heterocycles. The fraction of sp³-hybridized carbons (Fsp3) is 0.333. The maximum atomic E-state index is 13.9. The topological polar surface area (TPSA) is 131 Å². The molecule has 3 aromatic rings. The van der Waals surface area contributed by atoms with E-state index in [2.05, 4.69) is 9.69 Å². The van der Waals surface area contributed by atoms with Gasteiger partial charge in [-0.05, 0) is 66.5 Å². The van der Waals surface area contributed by atoms with Crippen molar-refractivity contribution in [2.24, 2.45) is 5.73 Å². The molecular weight excluding hydrogens is 493 g/mol. The van der Waals surface area contributed by atoms with Gasteiger partial charge >= 0.3 is 0 Å². The van der Waals surface area contributed by atoms with Crippen LogP contribution in [0.1, 0.15) is 68.6 Å². The zero-order chi connectivity index (χ0) is 26.5. The van der Waals surface area contributed by atoms with Gasteiger partial charge in [-0.2, -0.15) is 4.37 Å². The second-order valence-electron chi connectivity index (χ2n) is 9.26. The van der Waals surface area contributed by atoms with Crippen molar-refractivity contribution in [2.75, 3.05) is 12.3 Å². The minimum Gasteiger partial charge on any atom is -0.395 e. The van der Waals surface area contributed by atoms with Crippen molar-refractivity contribution in [2.45, 2.75) is 51.1 Å². The predicted molar refractivity (Wildman–Crippen MR) is 141 cm³/mol. The Bertz CT molecular complexity index is 1290. The normalized spacial score (nSPS) is 14.3. The Morgan fingerprint density at radius 3 is 2.43 bits per heavy atom. The fourth-order valence-corrected chi connectivity index (χ4v) is 5.47. The lowest BCUT2D eigenvalue weighted by atomic mass is 10.0. The van der Waals surface area contributed by atoms with Crippen molar-refractivity contribution < 1.29 is 18.8 Å². The fourth-order valence-electron chi connectivity index (χ4n) is 4.71. The van der Waals surface area contributed by atoms with Crippen molar-refractivity contribution in [3.05, 3.63) is 81.6 Å². The van der Waals surface area contributed by atoms with Gasteiger partial charge in [-0.3, -0.25) is 14.4 Å². The molecule has 5 N–H and O–H groups in total. The van der Waals surface area contributed by atoms with Gasteiger partial charge in [-0.1, -0.05) is 49.2 Å². The highest BCUT2D eigenvalue weighted by molar-refractivity contribution is 7.09. The van der Waals surface area contributed by atoms with Crippen molar-refractivity contribution >= 4 is 34.9 Å². The van der Waals surface area contributed by atoms with Gasteiger partial charge < -0.3 is 21.7 Å². The average molecular weight is 524 g/mol. The molecule has 0 bridgehead atoms. The number of aromatic nitrogens is 1. The Morgan fingerprint density at radius 2 is 1.81 bits per heavy atom. The number of anilines is 1. The maximum absolute atomic E-state index is 13.9. The van der Waals surface area contributed by atoms with Crippen LogP contribution in [-0.2, 0) is 11.2 Å². The van der Waals surface area contributed by atoms with Crippen LogP contribution in [0.15, 0.2) is 48.5 Å². The average Bonchev–Trinajstić information content (AvgIpc) is 3.52. The van der Waals surface area contributed by atoms with Crippen LogP contribution >= 0.6 is 11.5 Å². The van der Waals surface area contributed by atoms with Gasteiger partial charge in [0, 0.05) is 12.6 Å². The van der Waals surface area contributed by atoms with Gasteiger partial charge in [0.2, 0.25) is 5.91 Å². The standard InChI is InChI=1S/C27H30FN5O3S/c1-16-6-2-3-7-17(16)14-15-33(27(36)24-21(29)22(25(30)34)32-37-24)23(18-10-12-19(28)13-11-18)26(35)31-20-8-4-5-9-20/h2-3,6-7,10-13,20,23H,4-5,8-9,14-15,29H2,1H3,(H2,30,34)(H,31,35)/t23-/m0/s1. The quantitative estimate of drug-likeness (QED) is 0.393. The molecule has 37 heavy (non-hydrogen) atoms. The number of rotatable bonds is 9. The molecule has 4 rings (SSSR count). The Kier molecular flexibility index (Phi) is 8.17. The minimum absolute atomic E-state index is 0.0127. The van der Waals surface area contributed by atoms with Crippen LogP contribution < -0.4 is 16.8 Å². The van der Waals surface area contributed by atoms with E-state index in [1.807, 2.05) is 31.2 Å². The third kappa shape index (κ3) is 5.96. The Balaban J connectivity index is 1.75. The summed E-state index contributed by atoms with van der Waals surface area (Å²) in [6.45, 7) is 2.15. The highest BCUT2D eigenvalue weighted by Crippen LogP contribution is 2.30. The zero-order valence-electron chi connectivity index (χ0n) is 20.6. The van der Waals surface area contributed by atoms with Crippen molar-refractivity contribution in [1.82, 2.24) is 14.6 Å². The van der Waals surface area contributed by atoms with Crippen molar-refractivity contribution in [1.29, 1.82) is 0 Å². The number of carbonyl (C=O) groups excluding carboxylic acids is 3. The SMILES string of the molecule is Cc1ccccc1CCN(C(=O)c1snc(C(N)=O)c1N)[C@H](C(=O)NC1CCCC1)c1ccc(F)cc1. The summed E-state index contributed by atoms with van der Waals surface area (Å²) in [5.41, 5.74) is 13.7. The van der Waals surface area contributed by atoms with Crippen LogP contribution in [-0.4, -0.2) is 39.6 Å². The summed E-state index contributed by atoms with van der Waals surface area (Å²) in [7, 11) is 0. The number of carbonyl (C=O) groups is 3. The Hall–Kier alpha value is -3.79. The molecule has 0 aliphatic heterocycles. The molecule has 1 fully saturated rings. The Morgan fingerprint density at radius 1 is 1.14 bits per heavy atom. The molecule has 3 amide bonds. The van der Waals surface area contributed by atoms with E-state index < -0.39 is 23.7 Å². The van der Waals surface area contributed by atoms with Gasteiger partial charge in [-0.15, -0.1) is 0 Å². The number of amides is 3. The molecule has 194 valence electrons. The molecule has 1 saturated carbocycles. The summed E-state index contributed by atoms with van der Waals surface area (Å²) in [5.74, 6) is -2.19. The molecule has 2 aromatic carbocycles. The van der Waals surface area contributed by atoms with Gasteiger partial charge in [0.1, 0.15) is 16.7 Å². The maximum Gasteiger partial charge on any atom is 0.270 e. The molecule has 8 nitrogen and oxygen atoms in total. The summed E-state index contributed by atoms with van der Waals surface area (Å²) in [4.78, 5) is 40.8. The van der Waals surface area contributed by atoms with E-state index in [0.29, 0.717) is 12.0 Å². The molecule has 1 aliphatic rings. The number of nitrogens with zero attached hydrogens (tertiary/aromatic N) is 2. The molecule has 0 unspecified atom stereocenters. The first-order chi connectivity index (χ1) is 17.8. The number of primary amides is 1. The second-order valence-corrected chi connectivity index (χ2v) is 10.0. The van der Waals surface area contributed by atoms with Crippen LogP contribution in [0, 0.1) is 12.7 Å². The molecule has 1 atom stereocenters. The molecule has 0 radical (unpaired) electrons. The molecule has 10 heteroatoms. The van der Waals surface area contributed by atoms with Gasteiger partial charge in [0.05, 0.1) is 5.69 Å². The number of nitrogen functional groups attached to an aromatic ring is 1.